The van der Waals surface area contributed by atoms with E-state index in [-0.39, 0.29) is 18.2 Å². The first-order valence-electron chi connectivity index (χ1n) is 8.98. The van der Waals surface area contributed by atoms with Gasteiger partial charge in [0.15, 0.2) is 0 Å². The van der Waals surface area contributed by atoms with E-state index < -0.39 is 5.60 Å². The summed E-state index contributed by atoms with van der Waals surface area (Å²) in [5.74, 6) is 0. The molecule has 1 aromatic heterocycles. The smallest absolute Gasteiger partial charge is 0.411 e. The maximum Gasteiger partial charge on any atom is 0.411 e. The Morgan fingerprint density at radius 1 is 1.24 bits per heavy atom. The van der Waals surface area contributed by atoms with Gasteiger partial charge in [0.25, 0.3) is 0 Å². The van der Waals surface area contributed by atoms with Gasteiger partial charge in [-0.2, -0.15) is 0 Å². The van der Waals surface area contributed by atoms with Gasteiger partial charge in [0, 0.05) is 17.6 Å². The van der Waals surface area contributed by atoms with Crippen LogP contribution < -0.4 is 0 Å². The lowest BCUT2D eigenvalue weighted by Gasteiger charge is -2.35. The van der Waals surface area contributed by atoms with Gasteiger partial charge in [-0.25, -0.2) is 4.79 Å². The number of fused-ring (bicyclic) bond motifs is 3. The maximum absolute atomic E-state index is 12.6. The molecule has 0 N–H and O–H groups in total. The highest BCUT2D eigenvalue weighted by Crippen LogP contribution is 2.39. The lowest BCUT2D eigenvalue weighted by Crippen LogP contribution is -2.45. The van der Waals surface area contributed by atoms with E-state index in [1.54, 1.807) is 0 Å². The molecule has 1 saturated heterocycles. The zero-order valence-corrected chi connectivity index (χ0v) is 15.0. The summed E-state index contributed by atoms with van der Waals surface area (Å²) in [5.41, 5.74) is 3.02. The minimum absolute atomic E-state index is 0.134. The number of nitrogens with zero attached hydrogens (tertiary/aromatic N) is 2. The molecule has 0 radical (unpaired) electrons. The topological polar surface area (TPSA) is 42.4 Å². The zero-order valence-electron chi connectivity index (χ0n) is 15.0. The van der Waals surface area contributed by atoms with Crippen LogP contribution in [0, 0.1) is 0 Å². The fourth-order valence-electron chi connectivity index (χ4n) is 3.89. The van der Waals surface area contributed by atoms with Gasteiger partial charge in [0.05, 0.1) is 11.6 Å². The van der Waals surface area contributed by atoms with E-state index in [0.717, 1.165) is 30.2 Å². The van der Waals surface area contributed by atoms with Crippen molar-refractivity contribution < 1.29 is 9.53 Å². The Balaban J connectivity index is 1.61. The second-order valence-corrected chi connectivity index (χ2v) is 8.00. The molecule has 0 saturated carbocycles. The van der Waals surface area contributed by atoms with Gasteiger partial charge in [0.2, 0.25) is 0 Å². The highest BCUT2D eigenvalue weighted by molar-refractivity contribution is 5.83. The molecule has 4 rings (SSSR count). The number of benzene rings is 1. The standard InChI is InChI=1S/C21H24N2O2/c1-21(2,3)25-20(24)23-17-8-9-18(23)12-15(11-17)16-10-14-6-4-5-7-19(14)22-13-16/h4-7,10-11,13,17-18H,8-9,12H2,1-3H3. The highest BCUT2D eigenvalue weighted by atomic mass is 16.6. The van der Waals surface area contributed by atoms with Crippen molar-refractivity contribution in [1.29, 1.82) is 0 Å². The first kappa shape index (κ1) is 16.1. The van der Waals surface area contributed by atoms with Gasteiger partial charge in [-0.1, -0.05) is 24.3 Å². The van der Waals surface area contributed by atoms with E-state index in [4.69, 9.17) is 4.74 Å². The van der Waals surface area contributed by atoms with Gasteiger partial charge >= 0.3 is 6.09 Å². The number of carbonyl (C=O) groups is 1. The number of pyridine rings is 1. The van der Waals surface area contributed by atoms with Gasteiger partial charge in [0.1, 0.15) is 5.60 Å². The molecule has 1 aromatic carbocycles. The van der Waals surface area contributed by atoms with Crippen LogP contribution in [0.25, 0.3) is 16.5 Å². The SMILES string of the molecule is CC(C)(C)OC(=O)N1C2C=C(c3cnc4ccccc4c3)CC1CC2. The number of amides is 1. The van der Waals surface area contributed by atoms with Crippen LogP contribution in [-0.4, -0.2) is 33.7 Å². The molecule has 0 aliphatic carbocycles. The maximum atomic E-state index is 12.6. The van der Waals surface area contributed by atoms with Crippen molar-refractivity contribution in [2.24, 2.45) is 0 Å². The van der Waals surface area contributed by atoms with E-state index in [2.05, 4.69) is 23.2 Å². The molecule has 4 heteroatoms. The summed E-state index contributed by atoms with van der Waals surface area (Å²) in [6, 6.07) is 10.7. The van der Waals surface area contributed by atoms with E-state index in [9.17, 15) is 4.79 Å². The number of carbonyl (C=O) groups excluding carboxylic acids is 1. The van der Waals surface area contributed by atoms with Crippen LogP contribution in [-0.2, 0) is 4.74 Å². The Bertz CT molecular complexity index is 850. The van der Waals surface area contributed by atoms with Crippen LogP contribution in [0.15, 0.2) is 42.6 Å². The molecule has 130 valence electrons. The third-order valence-electron chi connectivity index (χ3n) is 4.96. The second-order valence-electron chi connectivity index (χ2n) is 8.00. The quantitative estimate of drug-likeness (QED) is 0.752. The lowest BCUT2D eigenvalue weighted by atomic mass is 9.95. The summed E-state index contributed by atoms with van der Waals surface area (Å²) in [7, 11) is 0. The normalized spacial score (nSPS) is 22.8. The van der Waals surface area contributed by atoms with Crippen LogP contribution in [0.3, 0.4) is 0 Å². The molecule has 2 bridgehead atoms. The lowest BCUT2D eigenvalue weighted by molar-refractivity contribution is 0.0175. The molecule has 2 aliphatic heterocycles. The summed E-state index contributed by atoms with van der Waals surface area (Å²) in [4.78, 5) is 19.1. The average Bonchev–Trinajstić information content (AvgIpc) is 2.83. The van der Waals surface area contributed by atoms with E-state index in [1.165, 1.54) is 11.1 Å². The molecule has 0 spiro atoms. The van der Waals surface area contributed by atoms with Crippen molar-refractivity contribution in [2.75, 3.05) is 0 Å². The number of rotatable bonds is 1. The molecule has 4 nitrogen and oxygen atoms in total. The first-order valence-corrected chi connectivity index (χ1v) is 8.98. The largest absolute Gasteiger partial charge is 0.444 e. The Morgan fingerprint density at radius 3 is 2.80 bits per heavy atom. The third-order valence-corrected chi connectivity index (χ3v) is 4.96. The molecule has 1 fully saturated rings. The Labute approximate surface area is 148 Å². The molecule has 2 aliphatic rings. The summed E-state index contributed by atoms with van der Waals surface area (Å²) in [5, 5.41) is 1.16. The van der Waals surface area contributed by atoms with Crippen LogP contribution in [0.1, 0.15) is 45.6 Å². The summed E-state index contributed by atoms with van der Waals surface area (Å²) >= 11 is 0. The Hall–Kier alpha value is -2.36. The van der Waals surface area contributed by atoms with E-state index in [1.807, 2.05) is 50.1 Å². The van der Waals surface area contributed by atoms with Crippen LogP contribution in [0.2, 0.25) is 0 Å². The summed E-state index contributed by atoms with van der Waals surface area (Å²) in [6.07, 6.45) is 6.91. The van der Waals surface area contributed by atoms with Crippen molar-refractivity contribution in [3.63, 3.8) is 0 Å². The number of hydrogen-bond donors (Lipinski definition) is 0. The number of ether oxygens (including phenoxy) is 1. The molecule has 2 aromatic rings. The molecular formula is C21H24N2O2. The zero-order chi connectivity index (χ0) is 17.6. The van der Waals surface area contributed by atoms with E-state index in [0.29, 0.717) is 0 Å². The van der Waals surface area contributed by atoms with Gasteiger partial charge in [-0.3, -0.25) is 9.88 Å². The van der Waals surface area contributed by atoms with Crippen LogP contribution >= 0.6 is 0 Å². The Morgan fingerprint density at radius 2 is 2.04 bits per heavy atom. The Kier molecular flexibility index (Phi) is 3.78. The molecule has 2 unspecified atom stereocenters. The second kappa shape index (κ2) is 5.87. The summed E-state index contributed by atoms with van der Waals surface area (Å²) < 4.78 is 5.60. The fraction of sp³-hybridized carbons (Fsp3) is 0.429. The van der Waals surface area contributed by atoms with Crippen molar-refractivity contribution in [1.82, 2.24) is 9.88 Å². The number of hydrogen-bond acceptors (Lipinski definition) is 3. The van der Waals surface area contributed by atoms with Gasteiger partial charge in [-0.15, -0.1) is 0 Å². The highest BCUT2D eigenvalue weighted by Gasteiger charge is 2.41. The van der Waals surface area contributed by atoms with Crippen molar-refractivity contribution in [3.05, 3.63) is 48.2 Å². The van der Waals surface area contributed by atoms with Crippen molar-refractivity contribution in [3.8, 4) is 0 Å². The van der Waals surface area contributed by atoms with E-state index >= 15 is 0 Å². The fourth-order valence-corrected chi connectivity index (χ4v) is 3.89. The first-order chi connectivity index (χ1) is 11.9. The van der Waals surface area contributed by atoms with Gasteiger partial charge in [-0.05, 0) is 63.3 Å². The number of aromatic nitrogens is 1. The molecule has 1 amide bonds. The molecule has 25 heavy (non-hydrogen) atoms. The molecular weight excluding hydrogens is 312 g/mol. The predicted molar refractivity (Wildman–Crippen MR) is 99.2 cm³/mol. The number of para-hydroxylation sites is 1. The summed E-state index contributed by atoms with van der Waals surface area (Å²) in [6.45, 7) is 5.75. The van der Waals surface area contributed by atoms with Crippen LogP contribution in [0.5, 0.6) is 0 Å². The molecule has 2 atom stereocenters. The minimum Gasteiger partial charge on any atom is -0.444 e. The van der Waals surface area contributed by atoms with Gasteiger partial charge < -0.3 is 4.74 Å². The van der Waals surface area contributed by atoms with Crippen molar-refractivity contribution >= 4 is 22.6 Å². The average molecular weight is 336 g/mol. The predicted octanol–water partition coefficient (Wildman–Crippen LogP) is 4.79. The van der Waals surface area contributed by atoms with Crippen LogP contribution in [0.4, 0.5) is 4.79 Å². The third kappa shape index (κ3) is 3.13. The van der Waals surface area contributed by atoms with Crippen molar-refractivity contribution in [2.45, 2.75) is 57.7 Å². The molecule has 3 heterocycles. The minimum atomic E-state index is -0.456. The monoisotopic (exact) mass is 336 g/mol.